The number of likely N-dealkylation sites (N-methyl/N-ethyl adjacent to an activating group) is 1. The van der Waals surface area contributed by atoms with Gasteiger partial charge in [-0.25, -0.2) is 4.79 Å². The van der Waals surface area contributed by atoms with Crippen LogP contribution in [0.1, 0.15) is 36.1 Å². The Kier molecular flexibility index (Phi) is 4.99. The molecule has 5 nitrogen and oxygen atoms in total. The first-order valence-electron chi connectivity index (χ1n) is 6.86. The Balaban J connectivity index is 1.76. The summed E-state index contributed by atoms with van der Waals surface area (Å²) in [6.07, 6.45) is 2.54. The molecule has 0 bridgehead atoms. The van der Waals surface area contributed by atoms with Crippen LogP contribution in [0.4, 0.5) is 0 Å². The molecule has 0 saturated carbocycles. The molecule has 1 N–H and O–H groups in total. The summed E-state index contributed by atoms with van der Waals surface area (Å²) in [5, 5.41) is 3.39. The first-order valence-corrected chi connectivity index (χ1v) is 6.86. The lowest BCUT2D eigenvalue weighted by molar-refractivity contribution is 0.0563. The first-order chi connectivity index (χ1) is 9.24. The van der Waals surface area contributed by atoms with Gasteiger partial charge in [-0.1, -0.05) is 6.92 Å². The molecule has 106 valence electrons. The molecule has 2 rings (SSSR count). The fourth-order valence-corrected chi connectivity index (χ4v) is 2.59. The van der Waals surface area contributed by atoms with Gasteiger partial charge < -0.3 is 14.5 Å². The Morgan fingerprint density at radius 2 is 2.42 bits per heavy atom. The minimum Gasteiger partial charge on any atom is -0.463 e. The van der Waals surface area contributed by atoms with Crippen LogP contribution < -0.4 is 5.32 Å². The summed E-state index contributed by atoms with van der Waals surface area (Å²) < 4.78 is 10.0. The van der Waals surface area contributed by atoms with Gasteiger partial charge in [0.15, 0.2) is 0 Å². The predicted octanol–water partition coefficient (Wildman–Crippen LogP) is 1.64. The molecule has 1 unspecified atom stereocenters. The smallest absolute Gasteiger partial charge is 0.373 e. The first kappa shape index (κ1) is 14.1. The Bertz CT molecular complexity index is 417. The predicted molar refractivity (Wildman–Crippen MR) is 72.0 cm³/mol. The van der Waals surface area contributed by atoms with Crippen molar-refractivity contribution in [3.8, 4) is 0 Å². The molecule has 0 aromatic carbocycles. The zero-order valence-electron chi connectivity index (χ0n) is 11.6. The van der Waals surface area contributed by atoms with Crippen LogP contribution in [0, 0.1) is 0 Å². The highest BCUT2D eigenvalue weighted by Crippen LogP contribution is 2.16. The second kappa shape index (κ2) is 6.73. The highest BCUT2D eigenvalue weighted by molar-refractivity contribution is 5.86. The second-order valence-corrected chi connectivity index (χ2v) is 4.81. The molecular weight excluding hydrogens is 244 g/mol. The third-order valence-electron chi connectivity index (χ3n) is 3.63. The van der Waals surface area contributed by atoms with Gasteiger partial charge in [-0.3, -0.25) is 4.90 Å². The Morgan fingerprint density at radius 1 is 1.58 bits per heavy atom. The van der Waals surface area contributed by atoms with Crippen molar-refractivity contribution in [2.45, 2.75) is 32.4 Å². The van der Waals surface area contributed by atoms with Crippen LogP contribution in [0.15, 0.2) is 16.5 Å². The number of ether oxygens (including phenoxy) is 1. The lowest BCUT2D eigenvalue weighted by atomic mass is 10.2. The van der Waals surface area contributed by atoms with Crippen molar-refractivity contribution < 1.29 is 13.9 Å². The maximum absolute atomic E-state index is 11.2. The summed E-state index contributed by atoms with van der Waals surface area (Å²) in [4.78, 5) is 13.7. The largest absolute Gasteiger partial charge is 0.463 e. The van der Waals surface area contributed by atoms with E-state index in [1.165, 1.54) is 26.5 Å². The van der Waals surface area contributed by atoms with Gasteiger partial charge in [0.1, 0.15) is 5.76 Å². The minimum atomic E-state index is -0.431. The molecule has 19 heavy (non-hydrogen) atoms. The molecule has 0 spiro atoms. The molecule has 1 atom stereocenters. The van der Waals surface area contributed by atoms with Crippen molar-refractivity contribution in [3.05, 3.63) is 23.7 Å². The minimum absolute atomic E-state index is 0.260. The van der Waals surface area contributed by atoms with Crippen LogP contribution in [0.3, 0.4) is 0 Å². The van der Waals surface area contributed by atoms with Gasteiger partial charge in [0.25, 0.3) is 0 Å². The summed E-state index contributed by atoms with van der Waals surface area (Å²) in [5.74, 6) is 0.594. The van der Waals surface area contributed by atoms with E-state index in [-0.39, 0.29) is 5.76 Å². The van der Waals surface area contributed by atoms with Crippen molar-refractivity contribution >= 4 is 5.97 Å². The van der Waals surface area contributed by atoms with Gasteiger partial charge in [0, 0.05) is 12.6 Å². The maximum atomic E-state index is 11.2. The zero-order valence-corrected chi connectivity index (χ0v) is 11.6. The van der Waals surface area contributed by atoms with Crippen molar-refractivity contribution in [3.63, 3.8) is 0 Å². The Morgan fingerprint density at radius 3 is 3.16 bits per heavy atom. The van der Waals surface area contributed by atoms with Crippen molar-refractivity contribution in [1.29, 1.82) is 0 Å². The number of methoxy groups -OCH3 is 1. The SMILES string of the molecule is CCN1CCCC1CNCc1ccc(C(=O)OC)o1. The van der Waals surface area contributed by atoms with E-state index in [0.29, 0.717) is 12.6 Å². The standard InChI is InChI=1S/C14H22N2O3/c1-3-16-8-4-5-11(16)9-15-10-12-6-7-13(19-12)14(17)18-2/h6-7,11,15H,3-5,8-10H2,1-2H3. The van der Waals surface area contributed by atoms with E-state index in [2.05, 4.69) is 21.9 Å². The number of nitrogens with one attached hydrogen (secondary N) is 1. The van der Waals surface area contributed by atoms with Gasteiger partial charge in [-0.2, -0.15) is 0 Å². The van der Waals surface area contributed by atoms with Gasteiger partial charge in [0.05, 0.1) is 13.7 Å². The van der Waals surface area contributed by atoms with E-state index in [9.17, 15) is 4.79 Å². The third kappa shape index (κ3) is 3.58. The van der Waals surface area contributed by atoms with Gasteiger partial charge in [0.2, 0.25) is 5.76 Å². The van der Waals surface area contributed by atoms with Crippen molar-refractivity contribution in [2.75, 3.05) is 26.7 Å². The molecule has 0 radical (unpaired) electrons. The average Bonchev–Trinajstić information content (AvgIpc) is 3.06. The van der Waals surface area contributed by atoms with Crippen LogP contribution in [0.2, 0.25) is 0 Å². The Hall–Kier alpha value is -1.33. The number of hydrogen-bond donors (Lipinski definition) is 1. The molecule has 2 heterocycles. The molecule has 1 saturated heterocycles. The number of rotatable bonds is 6. The maximum Gasteiger partial charge on any atom is 0.373 e. The van der Waals surface area contributed by atoms with Crippen LogP contribution in [-0.2, 0) is 11.3 Å². The topological polar surface area (TPSA) is 54.7 Å². The van der Waals surface area contributed by atoms with E-state index in [1.54, 1.807) is 6.07 Å². The number of likely N-dealkylation sites (tertiary alicyclic amines) is 1. The fourth-order valence-electron chi connectivity index (χ4n) is 2.59. The van der Waals surface area contributed by atoms with Gasteiger partial charge >= 0.3 is 5.97 Å². The lowest BCUT2D eigenvalue weighted by Crippen LogP contribution is -2.37. The molecule has 5 heteroatoms. The van der Waals surface area contributed by atoms with Crippen LogP contribution in [0.25, 0.3) is 0 Å². The summed E-state index contributed by atoms with van der Waals surface area (Å²) in [6, 6.07) is 4.09. The number of hydrogen-bond acceptors (Lipinski definition) is 5. The molecule has 1 aromatic heterocycles. The zero-order chi connectivity index (χ0) is 13.7. The van der Waals surface area contributed by atoms with Crippen LogP contribution in [0.5, 0.6) is 0 Å². The number of carbonyl (C=O) groups is 1. The molecule has 0 amide bonds. The average molecular weight is 266 g/mol. The van der Waals surface area contributed by atoms with Gasteiger partial charge in [-0.15, -0.1) is 0 Å². The van der Waals surface area contributed by atoms with E-state index < -0.39 is 5.97 Å². The Labute approximate surface area is 113 Å². The summed E-state index contributed by atoms with van der Waals surface area (Å²) in [7, 11) is 1.35. The van der Waals surface area contributed by atoms with Gasteiger partial charge in [-0.05, 0) is 38.1 Å². The molecule has 1 aliphatic rings. The van der Waals surface area contributed by atoms with E-state index in [1.807, 2.05) is 6.07 Å². The molecule has 1 aliphatic heterocycles. The van der Waals surface area contributed by atoms with E-state index >= 15 is 0 Å². The number of nitrogens with zero attached hydrogens (tertiary/aromatic N) is 1. The fraction of sp³-hybridized carbons (Fsp3) is 0.643. The third-order valence-corrected chi connectivity index (χ3v) is 3.63. The quantitative estimate of drug-likeness (QED) is 0.793. The monoisotopic (exact) mass is 266 g/mol. The lowest BCUT2D eigenvalue weighted by Gasteiger charge is -2.22. The number of furan rings is 1. The van der Waals surface area contributed by atoms with Crippen molar-refractivity contribution in [2.24, 2.45) is 0 Å². The molecule has 0 aliphatic carbocycles. The molecule has 1 aromatic rings. The number of carbonyl (C=O) groups excluding carboxylic acids is 1. The molecule has 1 fully saturated rings. The summed E-state index contributed by atoms with van der Waals surface area (Å²) in [6.45, 7) is 6.12. The highest BCUT2D eigenvalue weighted by atomic mass is 16.5. The number of esters is 1. The second-order valence-electron chi connectivity index (χ2n) is 4.81. The van der Waals surface area contributed by atoms with Crippen molar-refractivity contribution in [1.82, 2.24) is 10.2 Å². The summed E-state index contributed by atoms with van der Waals surface area (Å²) in [5.41, 5.74) is 0. The van der Waals surface area contributed by atoms with E-state index in [4.69, 9.17) is 4.42 Å². The molecular formula is C14H22N2O3. The highest BCUT2D eigenvalue weighted by Gasteiger charge is 2.22. The van der Waals surface area contributed by atoms with Crippen LogP contribution >= 0.6 is 0 Å². The normalized spacial score (nSPS) is 19.8. The van der Waals surface area contributed by atoms with Crippen LogP contribution in [-0.4, -0.2) is 43.7 Å². The summed E-state index contributed by atoms with van der Waals surface area (Å²) >= 11 is 0. The van der Waals surface area contributed by atoms with E-state index in [0.717, 1.165) is 18.8 Å².